The number of aromatic nitrogens is 2. The molecule has 1 aromatic carbocycles. The van der Waals surface area contributed by atoms with Crippen molar-refractivity contribution < 1.29 is 0 Å². The van der Waals surface area contributed by atoms with Crippen molar-refractivity contribution in [3.63, 3.8) is 0 Å². The molecule has 0 bridgehead atoms. The van der Waals surface area contributed by atoms with Gasteiger partial charge in [-0.3, -0.25) is 4.40 Å². The zero-order valence-electron chi connectivity index (χ0n) is 11.3. The third kappa shape index (κ3) is 2.33. The molecule has 5 nitrogen and oxygen atoms in total. The molecule has 2 aromatic heterocycles. The molecule has 0 spiro atoms. The van der Waals surface area contributed by atoms with Crippen molar-refractivity contribution in [3.05, 3.63) is 52.3 Å². The molecule has 0 aliphatic heterocycles. The Kier molecular flexibility index (Phi) is 3.31. The third-order valence-corrected chi connectivity index (χ3v) is 4.04. The van der Waals surface area contributed by atoms with Crippen molar-refractivity contribution >= 4 is 22.0 Å². The minimum atomic E-state index is 0.383. The first-order valence-corrected chi connectivity index (χ1v) is 7.20. The molecule has 102 valence electrons. The summed E-state index contributed by atoms with van der Waals surface area (Å²) in [5, 5.41) is 23.2. The summed E-state index contributed by atoms with van der Waals surface area (Å²) in [6.45, 7) is 2.59. The van der Waals surface area contributed by atoms with E-state index in [1.165, 1.54) is 0 Å². The van der Waals surface area contributed by atoms with Crippen LogP contribution in [-0.4, -0.2) is 9.38 Å². The zero-order valence-corrected chi connectivity index (χ0v) is 12.1. The Balaban J connectivity index is 1.85. The summed E-state index contributed by atoms with van der Waals surface area (Å²) < 4.78 is 2.06. The molecule has 0 saturated heterocycles. The Morgan fingerprint density at radius 3 is 2.86 bits per heavy atom. The lowest BCUT2D eigenvalue weighted by Crippen LogP contribution is -2.04. The number of benzene rings is 1. The fourth-order valence-electron chi connectivity index (χ4n) is 2.18. The van der Waals surface area contributed by atoms with E-state index in [1.54, 1.807) is 29.5 Å². The largest absolute Gasteiger partial charge is 0.379 e. The lowest BCUT2D eigenvalue weighted by molar-refractivity contribution is 0.994. The van der Waals surface area contributed by atoms with Crippen LogP contribution in [0.4, 0.5) is 5.69 Å². The number of nitrogens with one attached hydrogen (secondary N) is 1. The standard InChI is InChI=1S/C15H11N5S/c1-10-14(20-4-5-21-15(20)19-10)9-18-13-3-2-11(7-16)12(6-13)8-17/h2-6,18H,9H2,1H3. The molecule has 2 heterocycles. The lowest BCUT2D eigenvalue weighted by Gasteiger charge is -2.07. The molecule has 0 saturated carbocycles. The van der Waals surface area contributed by atoms with Gasteiger partial charge in [-0.2, -0.15) is 10.5 Å². The first-order valence-electron chi connectivity index (χ1n) is 6.32. The van der Waals surface area contributed by atoms with Gasteiger partial charge in [-0.05, 0) is 25.1 Å². The Hall–Kier alpha value is -2.83. The van der Waals surface area contributed by atoms with Gasteiger partial charge in [-0.1, -0.05) is 0 Å². The number of rotatable bonds is 3. The Morgan fingerprint density at radius 2 is 2.10 bits per heavy atom. The monoisotopic (exact) mass is 293 g/mol. The van der Waals surface area contributed by atoms with Crippen LogP contribution < -0.4 is 5.32 Å². The molecule has 6 heteroatoms. The van der Waals surface area contributed by atoms with Crippen molar-refractivity contribution in [1.82, 2.24) is 9.38 Å². The van der Waals surface area contributed by atoms with Crippen molar-refractivity contribution in [2.45, 2.75) is 13.5 Å². The number of hydrogen-bond donors (Lipinski definition) is 1. The zero-order chi connectivity index (χ0) is 14.8. The third-order valence-electron chi connectivity index (χ3n) is 3.28. The predicted octanol–water partition coefficient (Wildman–Crippen LogP) is 3.06. The van der Waals surface area contributed by atoms with Gasteiger partial charge in [0.25, 0.3) is 0 Å². The molecule has 21 heavy (non-hydrogen) atoms. The summed E-state index contributed by atoms with van der Waals surface area (Å²) in [6.07, 6.45) is 2.00. The van der Waals surface area contributed by atoms with Crippen LogP contribution in [0.5, 0.6) is 0 Å². The second kappa shape index (κ2) is 5.28. The highest BCUT2D eigenvalue weighted by atomic mass is 32.1. The molecule has 0 unspecified atom stereocenters. The highest BCUT2D eigenvalue weighted by Crippen LogP contribution is 2.19. The Bertz CT molecular complexity index is 891. The fraction of sp³-hybridized carbons (Fsp3) is 0.133. The van der Waals surface area contributed by atoms with Gasteiger partial charge in [-0.25, -0.2) is 4.98 Å². The summed E-state index contributed by atoms with van der Waals surface area (Å²) in [5.41, 5.74) is 3.67. The molecule has 0 amide bonds. The van der Waals surface area contributed by atoms with Gasteiger partial charge in [-0.15, -0.1) is 11.3 Å². The Morgan fingerprint density at radius 1 is 1.29 bits per heavy atom. The van der Waals surface area contributed by atoms with E-state index in [0.29, 0.717) is 17.7 Å². The van der Waals surface area contributed by atoms with E-state index >= 15 is 0 Å². The van der Waals surface area contributed by atoms with Crippen LogP contribution in [0.2, 0.25) is 0 Å². The summed E-state index contributed by atoms with van der Waals surface area (Å²) in [5.74, 6) is 0. The minimum absolute atomic E-state index is 0.383. The first-order chi connectivity index (χ1) is 10.2. The van der Waals surface area contributed by atoms with Gasteiger partial charge < -0.3 is 5.32 Å². The highest BCUT2D eigenvalue weighted by Gasteiger charge is 2.09. The summed E-state index contributed by atoms with van der Waals surface area (Å²) >= 11 is 1.60. The summed E-state index contributed by atoms with van der Waals surface area (Å²) in [4.78, 5) is 5.47. The number of fused-ring (bicyclic) bond motifs is 1. The number of anilines is 1. The predicted molar refractivity (Wildman–Crippen MR) is 81.0 cm³/mol. The summed E-state index contributed by atoms with van der Waals surface area (Å²) in [7, 11) is 0. The van der Waals surface area contributed by atoms with E-state index in [9.17, 15) is 0 Å². The van der Waals surface area contributed by atoms with Crippen molar-refractivity contribution in [1.29, 1.82) is 10.5 Å². The van der Waals surface area contributed by atoms with Crippen LogP contribution >= 0.6 is 11.3 Å². The second-order valence-electron chi connectivity index (χ2n) is 4.54. The maximum Gasteiger partial charge on any atom is 0.194 e. The van der Waals surface area contributed by atoms with Gasteiger partial charge >= 0.3 is 0 Å². The smallest absolute Gasteiger partial charge is 0.194 e. The molecular formula is C15H11N5S. The Labute approximate surface area is 125 Å². The highest BCUT2D eigenvalue weighted by molar-refractivity contribution is 7.15. The van der Waals surface area contributed by atoms with E-state index in [-0.39, 0.29) is 0 Å². The minimum Gasteiger partial charge on any atom is -0.379 e. The molecular weight excluding hydrogens is 282 g/mol. The van der Waals surface area contributed by atoms with Crippen molar-refractivity contribution in [2.24, 2.45) is 0 Å². The number of thiazole rings is 1. The van der Waals surface area contributed by atoms with Gasteiger partial charge in [0.05, 0.1) is 29.1 Å². The van der Waals surface area contributed by atoms with Crippen LogP contribution in [0.1, 0.15) is 22.5 Å². The van der Waals surface area contributed by atoms with Gasteiger partial charge in [0.1, 0.15) is 12.1 Å². The number of nitrogens with zero attached hydrogens (tertiary/aromatic N) is 4. The van der Waals surface area contributed by atoms with Gasteiger partial charge in [0.2, 0.25) is 0 Å². The van der Waals surface area contributed by atoms with Crippen LogP contribution in [0.3, 0.4) is 0 Å². The molecule has 3 aromatic rings. The fourth-order valence-corrected chi connectivity index (χ4v) is 2.96. The van der Waals surface area contributed by atoms with Crippen LogP contribution in [0.25, 0.3) is 4.96 Å². The van der Waals surface area contributed by atoms with Crippen LogP contribution in [0, 0.1) is 29.6 Å². The van der Waals surface area contributed by atoms with Gasteiger partial charge in [0, 0.05) is 17.3 Å². The number of imidazole rings is 1. The normalized spacial score (nSPS) is 10.2. The molecule has 0 aliphatic carbocycles. The maximum atomic E-state index is 9.04. The van der Waals surface area contributed by atoms with E-state index in [2.05, 4.69) is 14.7 Å². The molecule has 1 N–H and O–H groups in total. The van der Waals surface area contributed by atoms with E-state index < -0.39 is 0 Å². The molecule has 0 fully saturated rings. The van der Waals surface area contributed by atoms with Crippen LogP contribution in [-0.2, 0) is 6.54 Å². The topological polar surface area (TPSA) is 76.9 Å². The second-order valence-corrected chi connectivity index (χ2v) is 5.41. The summed E-state index contributed by atoms with van der Waals surface area (Å²) in [6, 6.07) is 9.21. The number of hydrogen-bond acceptors (Lipinski definition) is 5. The van der Waals surface area contributed by atoms with Crippen LogP contribution in [0.15, 0.2) is 29.8 Å². The molecule has 0 aliphatic rings. The molecule has 0 atom stereocenters. The van der Waals surface area contributed by atoms with E-state index in [0.717, 1.165) is 22.0 Å². The van der Waals surface area contributed by atoms with E-state index in [4.69, 9.17) is 10.5 Å². The van der Waals surface area contributed by atoms with E-state index in [1.807, 2.05) is 30.6 Å². The first kappa shape index (κ1) is 13.2. The average molecular weight is 293 g/mol. The van der Waals surface area contributed by atoms with Gasteiger partial charge in [0.15, 0.2) is 4.96 Å². The SMILES string of the molecule is Cc1nc2sccn2c1CNc1ccc(C#N)c(C#N)c1. The van der Waals surface area contributed by atoms with Crippen molar-refractivity contribution in [2.75, 3.05) is 5.32 Å². The molecule has 3 rings (SSSR count). The number of aryl methyl sites for hydroxylation is 1. The quantitative estimate of drug-likeness (QED) is 0.805. The molecule has 0 radical (unpaired) electrons. The average Bonchev–Trinajstić information content (AvgIpc) is 3.05. The number of nitriles is 2. The lowest BCUT2D eigenvalue weighted by atomic mass is 10.1. The van der Waals surface area contributed by atoms with Crippen molar-refractivity contribution in [3.8, 4) is 12.1 Å². The maximum absolute atomic E-state index is 9.04.